The first kappa shape index (κ1) is 14.7. The van der Waals surface area contributed by atoms with E-state index in [-0.39, 0.29) is 5.91 Å². The molecule has 1 aliphatic carbocycles. The number of imidazole rings is 1. The van der Waals surface area contributed by atoms with Gasteiger partial charge in [0.15, 0.2) is 0 Å². The van der Waals surface area contributed by atoms with Gasteiger partial charge >= 0.3 is 0 Å². The van der Waals surface area contributed by atoms with Gasteiger partial charge in [-0.05, 0) is 30.9 Å². The number of aromatic amines is 1. The lowest BCUT2D eigenvalue weighted by molar-refractivity contribution is -0.132. The lowest BCUT2D eigenvalue weighted by atomic mass is 10.2. The Morgan fingerprint density at radius 3 is 2.70 bits per heavy atom. The van der Waals surface area contributed by atoms with Gasteiger partial charge in [0, 0.05) is 45.6 Å². The molecule has 122 valence electrons. The fraction of sp³-hybridized carbons (Fsp3) is 0.556. The third-order valence-corrected chi connectivity index (χ3v) is 4.95. The molecule has 1 saturated heterocycles. The number of hydrogen-bond donors (Lipinski definition) is 1. The second-order valence-electron chi connectivity index (χ2n) is 6.83. The minimum absolute atomic E-state index is 0.261. The van der Waals surface area contributed by atoms with Gasteiger partial charge in [0.25, 0.3) is 0 Å². The Kier molecular flexibility index (Phi) is 4.04. The number of fused-ring (bicyclic) bond motifs is 1. The van der Waals surface area contributed by atoms with Gasteiger partial charge < -0.3 is 9.88 Å². The minimum Gasteiger partial charge on any atom is -0.342 e. The van der Waals surface area contributed by atoms with Crippen LogP contribution in [0.4, 0.5) is 0 Å². The molecule has 2 aliphatic rings. The Labute approximate surface area is 136 Å². The van der Waals surface area contributed by atoms with Crippen LogP contribution in [0.25, 0.3) is 11.0 Å². The number of aryl methyl sites for hydroxylation is 1. The number of carbonyl (C=O) groups is 1. The summed E-state index contributed by atoms with van der Waals surface area (Å²) in [6.45, 7) is 5.07. The van der Waals surface area contributed by atoms with Gasteiger partial charge in [0.1, 0.15) is 5.82 Å². The highest BCUT2D eigenvalue weighted by atomic mass is 16.2. The van der Waals surface area contributed by atoms with Gasteiger partial charge in [-0.1, -0.05) is 12.1 Å². The molecule has 0 spiro atoms. The van der Waals surface area contributed by atoms with E-state index in [1.807, 2.05) is 29.2 Å². The number of nitrogens with zero attached hydrogens (tertiary/aromatic N) is 3. The number of nitrogens with one attached hydrogen (secondary N) is 1. The molecule has 0 bridgehead atoms. The molecule has 5 heteroatoms. The molecule has 2 heterocycles. The van der Waals surface area contributed by atoms with E-state index in [2.05, 4.69) is 14.9 Å². The maximum Gasteiger partial charge on any atom is 0.223 e. The van der Waals surface area contributed by atoms with Crippen LogP contribution in [0.1, 0.15) is 25.1 Å². The van der Waals surface area contributed by atoms with Crippen LogP contribution in [-0.2, 0) is 11.2 Å². The molecule has 2 aromatic rings. The Hall–Kier alpha value is -1.88. The van der Waals surface area contributed by atoms with E-state index >= 15 is 0 Å². The van der Waals surface area contributed by atoms with E-state index in [1.54, 1.807) is 0 Å². The van der Waals surface area contributed by atoms with Crippen molar-refractivity contribution < 1.29 is 4.79 Å². The first-order valence-electron chi connectivity index (χ1n) is 8.72. The molecule has 1 aromatic heterocycles. The van der Waals surface area contributed by atoms with Crippen LogP contribution in [0, 0.1) is 5.92 Å². The van der Waals surface area contributed by atoms with Crippen LogP contribution < -0.4 is 0 Å². The highest BCUT2D eigenvalue weighted by Crippen LogP contribution is 2.29. The molecule has 23 heavy (non-hydrogen) atoms. The molecule has 1 saturated carbocycles. The van der Waals surface area contributed by atoms with Gasteiger partial charge in [-0.3, -0.25) is 9.69 Å². The van der Waals surface area contributed by atoms with Crippen LogP contribution in [0.5, 0.6) is 0 Å². The first-order valence-corrected chi connectivity index (χ1v) is 8.72. The van der Waals surface area contributed by atoms with Gasteiger partial charge in [0.2, 0.25) is 5.91 Å². The zero-order valence-electron chi connectivity index (χ0n) is 13.5. The molecule has 1 N–H and O–H groups in total. The zero-order chi connectivity index (χ0) is 15.6. The fourth-order valence-corrected chi connectivity index (χ4v) is 3.35. The molecular weight excluding hydrogens is 288 g/mol. The summed E-state index contributed by atoms with van der Waals surface area (Å²) < 4.78 is 0. The van der Waals surface area contributed by atoms with Crippen molar-refractivity contribution >= 4 is 16.9 Å². The van der Waals surface area contributed by atoms with Gasteiger partial charge in [-0.25, -0.2) is 4.98 Å². The maximum atomic E-state index is 12.4. The molecule has 4 rings (SSSR count). The van der Waals surface area contributed by atoms with Crippen molar-refractivity contribution in [1.82, 2.24) is 19.8 Å². The van der Waals surface area contributed by atoms with Crippen molar-refractivity contribution in [2.24, 2.45) is 5.92 Å². The molecule has 0 unspecified atom stereocenters. The molecule has 1 aromatic carbocycles. The van der Waals surface area contributed by atoms with Crippen LogP contribution in [0.3, 0.4) is 0 Å². The minimum atomic E-state index is 0.261. The summed E-state index contributed by atoms with van der Waals surface area (Å²) in [7, 11) is 0. The van der Waals surface area contributed by atoms with Crippen LogP contribution in [-0.4, -0.2) is 58.4 Å². The number of aromatic nitrogens is 2. The second kappa shape index (κ2) is 6.32. The Morgan fingerprint density at radius 1 is 1.17 bits per heavy atom. The standard InChI is InChI=1S/C18H24N4O/c23-18(22-11-9-21(10-12-22)13-14-5-6-14)8-7-17-19-15-3-1-2-4-16(15)20-17/h1-4,14H,5-13H2,(H,19,20). The van der Waals surface area contributed by atoms with E-state index < -0.39 is 0 Å². The molecule has 0 radical (unpaired) electrons. The number of piperazine rings is 1. The van der Waals surface area contributed by atoms with Crippen molar-refractivity contribution in [2.75, 3.05) is 32.7 Å². The maximum absolute atomic E-state index is 12.4. The Morgan fingerprint density at radius 2 is 1.96 bits per heavy atom. The number of amides is 1. The number of rotatable bonds is 5. The Balaban J connectivity index is 1.26. The predicted octanol–water partition coefficient (Wildman–Crippen LogP) is 2.05. The molecular formula is C18H24N4O. The summed E-state index contributed by atoms with van der Waals surface area (Å²) >= 11 is 0. The lowest BCUT2D eigenvalue weighted by Crippen LogP contribution is -2.49. The largest absolute Gasteiger partial charge is 0.342 e. The van der Waals surface area contributed by atoms with Crippen molar-refractivity contribution in [1.29, 1.82) is 0 Å². The summed E-state index contributed by atoms with van der Waals surface area (Å²) in [6, 6.07) is 8.00. The van der Waals surface area contributed by atoms with E-state index in [9.17, 15) is 4.79 Å². The zero-order valence-corrected chi connectivity index (χ0v) is 13.5. The lowest BCUT2D eigenvalue weighted by Gasteiger charge is -2.34. The quantitative estimate of drug-likeness (QED) is 0.919. The predicted molar refractivity (Wildman–Crippen MR) is 90.2 cm³/mol. The average molecular weight is 312 g/mol. The monoisotopic (exact) mass is 312 g/mol. The molecule has 1 amide bonds. The second-order valence-corrected chi connectivity index (χ2v) is 6.83. The number of para-hydroxylation sites is 2. The Bertz CT molecular complexity index is 650. The highest BCUT2D eigenvalue weighted by Gasteiger charge is 2.27. The fourth-order valence-electron chi connectivity index (χ4n) is 3.35. The van der Waals surface area contributed by atoms with Gasteiger partial charge in [-0.15, -0.1) is 0 Å². The summed E-state index contributed by atoms with van der Waals surface area (Å²) in [5.74, 6) is 2.11. The highest BCUT2D eigenvalue weighted by molar-refractivity contribution is 5.77. The summed E-state index contributed by atoms with van der Waals surface area (Å²) in [6.07, 6.45) is 4.03. The third-order valence-electron chi connectivity index (χ3n) is 4.95. The van der Waals surface area contributed by atoms with Crippen LogP contribution in [0.2, 0.25) is 0 Å². The van der Waals surface area contributed by atoms with Crippen LogP contribution in [0.15, 0.2) is 24.3 Å². The average Bonchev–Trinajstić information content (AvgIpc) is 3.29. The van der Waals surface area contributed by atoms with E-state index in [0.717, 1.165) is 49.0 Å². The first-order chi connectivity index (χ1) is 11.3. The summed E-state index contributed by atoms with van der Waals surface area (Å²) in [5.41, 5.74) is 2.02. The SMILES string of the molecule is O=C(CCc1nc2ccccc2[nH]1)N1CCN(CC2CC2)CC1. The van der Waals surface area contributed by atoms with Crippen molar-refractivity contribution in [3.63, 3.8) is 0 Å². The van der Waals surface area contributed by atoms with Gasteiger partial charge in [0.05, 0.1) is 11.0 Å². The summed E-state index contributed by atoms with van der Waals surface area (Å²) in [5, 5.41) is 0. The number of hydrogen-bond acceptors (Lipinski definition) is 3. The smallest absolute Gasteiger partial charge is 0.223 e. The number of benzene rings is 1. The van der Waals surface area contributed by atoms with Crippen molar-refractivity contribution in [3.05, 3.63) is 30.1 Å². The van der Waals surface area contributed by atoms with E-state index in [4.69, 9.17) is 0 Å². The van der Waals surface area contributed by atoms with Crippen LogP contribution >= 0.6 is 0 Å². The molecule has 5 nitrogen and oxygen atoms in total. The van der Waals surface area contributed by atoms with Crippen molar-refractivity contribution in [3.8, 4) is 0 Å². The normalized spacial score (nSPS) is 19.4. The number of carbonyl (C=O) groups excluding carboxylic acids is 1. The van der Waals surface area contributed by atoms with E-state index in [1.165, 1.54) is 19.4 Å². The molecule has 1 aliphatic heterocycles. The van der Waals surface area contributed by atoms with E-state index in [0.29, 0.717) is 12.8 Å². The number of H-pyrrole nitrogens is 1. The third kappa shape index (κ3) is 3.55. The summed E-state index contributed by atoms with van der Waals surface area (Å²) in [4.78, 5) is 24.8. The van der Waals surface area contributed by atoms with Crippen molar-refractivity contribution in [2.45, 2.75) is 25.7 Å². The van der Waals surface area contributed by atoms with Gasteiger partial charge in [-0.2, -0.15) is 0 Å². The molecule has 0 atom stereocenters. The molecule has 2 fully saturated rings. The topological polar surface area (TPSA) is 52.2 Å².